The highest BCUT2D eigenvalue weighted by Crippen LogP contribution is 2.31. The lowest BCUT2D eigenvalue weighted by atomic mass is 9.86. The van der Waals surface area contributed by atoms with Crippen molar-refractivity contribution in [3.05, 3.63) is 148 Å². The molecule has 1 aromatic heterocycles. The van der Waals surface area contributed by atoms with Crippen LogP contribution >= 0.6 is 11.3 Å². The van der Waals surface area contributed by atoms with Gasteiger partial charge in [-0.3, -0.25) is 14.4 Å². The first kappa shape index (κ1) is 31.4. The van der Waals surface area contributed by atoms with Gasteiger partial charge in [-0.05, 0) is 65.4 Å². The van der Waals surface area contributed by atoms with E-state index in [0.29, 0.717) is 22.5 Å². The van der Waals surface area contributed by atoms with E-state index in [9.17, 15) is 14.4 Å². The van der Waals surface area contributed by atoms with Crippen molar-refractivity contribution in [1.29, 1.82) is 0 Å². The van der Waals surface area contributed by atoms with Crippen LogP contribution in [0.15, 0.2) is 115 Å². The summed E-state index contributed by atoms with van der Waals surface area (Å²) >= 11 is 1.61. The first-order valence-corrected chi connectivity index (χ1v) is 15.7. The molecule has 0 saturated heterocycles. The lowest BCUT2D eigenvalue weighted by Gasteiger charge is -2.18. The van der Waals surface area contributed by atoms with Crippen LogP contribution in [0.5, 0.6) is 0 Å². The summed E-state index contributed by atoms with van der Waals surface area (Å²) in [6.07, 6.45) is 3.44. The Kier molecular flexibility index (Phi) is 9.55. The second-order valence-electron chi connectivity index (χ2n) is 12.0. The number of carbonyl (C=O) groups excluding carboxylic acids is 3. The fraction of sp³-hybridized carbons (Fsp3) is 0.154. The summed E-state index contributed by atoms with van der Waals surface area (Å²) < 4.78 is 0. The molecule has 2 amide bonds. The molecule has 6 heteroatoms. The van der Waals surface area contributed by atoms with Gasteiger partial charge in [0.1, 0.15) is 0 Å². The third kappa shape index (κ3) is 8.31. The van der Waals surface area contributed by atoms with E-state index < -0.39 is 0 Å². The monoisotopic (exact) mass is 612 g/mol. The summed E-state index contributed by atoms with van der Waals surface area (Å²) in [6, 6.07) is 34.2. The van der Waals surface area contributed by atoms with Crippen LogP contribution in [-0.2, 0) is 21.4 Å². The average Bonchev–Trinajstić information content (AvgIpc) is 3.51. The first-order valence-electron chi connectivity index (χ1n) is 14.8. The smallest absolute Gasteiger partial charge is 0.248 e. The van der Waals surface area contributed by atoms with Gasteiger partial charge in [0.2, 0.25) is 11.8 Å². The Bertz CT molecular complexity index is 1850. The molecule has 0 aliphatic carbocycles. The van der Waals surface area contributed by atoms with Gasteiger partial charge < -0.3 is 10.6 Å². The van der Waals surface area contributed by atoms with E-state index in [-0.39, 0.29) is 29.4 Å². The number of hydrogen-bond acceptors (Lipinski definition) is 4. The van der Waals surface area contributed by atoms with E-state index in [4.69, 9.17) is 0 Å². The number of benzene rings is 4. The van der Waals surface area contributed by atoms with E-state index >= 15 is 0 Å². The molecule has 0 fully saturated rings. The Balaban J connectivity index is 1.30. The molecule has 4 aromatic carbocycles. The standard InChI is InChI=1S/C39H36N2O3S/c1-26-10-12-27(13-11-26)24-37(43)41-34-21-18-31(25-33(34)38(44)29-8-6-5-7-9-29)40-36(42)23-20-32-19-22-35(45-32)28-14-16-30(17-15-28)39(2,3)4/h5-23,25H,24H2,1-4H3,(H,40,42)(H,41,43)/b23-20+. The molecule has 45 heavy (non-hydrogen) atoms. The fourth-order valence-corrected chi connectivity index (χ4v) is 5.74. The van der Waals surface area contributed by atoms with E-state index in [1.54, 1.807) is 59.9 Å². The van der Waals surface area contributed by atoms with Crippen LogP contribution in [0.1, 0.15) is 58.3 Å². The van der Waals surface area contributed by atoms with E-state index in [1.165, 1.54) is 11.6 Å². The predicted octanol–water partition coefficient (Wildman–Crippen LogP) is 9.09. The summed E-state index contributed by atoms with van der Waals surface area (Å²) in [5, 5.41) is 5.75. The molecular formula is C39H36N2O3S. The maximum atomic E-state index is 13.5. The highest BCUT2D eigenvalue weighted by molar-refractivity contribution is 7.16. The van der Waals surface area contributed by atoms with E-state index in [1.807, 2.05) is 43.3 Å². The topological polar surface area (TPSA) is 75.3 Å². The summed E-state index contributed by atoms with van der Waals surface area (Å²) in [6.45, 7) is 8.59. The molecule has 5 nitrogen and oxygen atoms in total. The molecule has 0 aliphatic rings. The Morgan fingerprint density at radius 3 is 2.18 bits per heavy atom. The molecule has 5 aromatic rings. The maximum absolute atomic E-state index is 13.5. The molecule has 0 spiro atoms. The third-order valence-corrected chi connectivity index (χ3v) is 8.49. The zero-order valence-electron chi connectivity index (χ0n) is 25.9. The van der Waals surface area contributed by atoms with Gasteiger partial charge in [-0.2, -0.15) is 0 Å². The molecule has 5 rings (SSSR count). The van der Waals surface area contributed by atoms with Gasteiger partial charge in [0.05, 0.1) is 12.1 Å². The molecule has 0 unspecified atom stereocenters. The van der Waals surface area contributed by atoms with Crippen LogP contribution in [0.25, 0.3) is 16.5 Å². The van der Waals surface area contributed by atoms with Gasteiger partial charge in [-0.15, -0.1) is 11.3 Å². The molecular weight excluding hydrogens is 577 g/mol. The van der Waals surface area contributed by atoms with Crippen molar-refractivity contribution in [2.75, 3.05) is 10.6 Å². The van der Waals surface area contributed by atoms with Crippen molar-refractivity contribution >= 4 is 46.4 Å². The van der Waals surface area contributed by atoms with Crippen LogP contribution in [0.3, 0.4) is 0 Å². The van der Waals surface area contributed by atoms with Crippen LogP contribution in [-0.4, -0.2) is 17.6 Å². The van der Waals surface area contributed by atoms with Crippen LogP contribution in [0, 0.1) is 6.92 Å². The minimum Gasteiger partial charge on any atom is -0.325 e. The van der Waals surface area contributed by atoms with Crippen molar-refractivity contribution in [2.24, 2.45) is 0 Å². The fourth-order valence-electron chi connectivity index (χ4n) is 4.82. The van der Waals surface area contributed by atoms with Gasteiger partial charge in [-0.25, -0.2) is 0 Å². The van der Waals surface area contributed by atoms with Crippen LogP contribution in [0.2, 0.25) is 0 Å². The van der Waals surface area contributed by atoms with Crippen LogP contribution in [0.4, 0.5) is 11.4 Å². The van der Waals surface area contributed by atoms with Crippen molar-refractivity contribution in [3.8, 4) is 10.4 Å². The number of aryl methyl sites for hydroxylation is 1. The second kappa shape index (κ2) is 13.7. The van der Waals surface area contributed by atoms with Gasteiger partial charge >= 0.3 is 0 Å². The molecule has 1 heterocycles. The number of carbonyl (C=O) groups is 3. The number of hydrogen-bond donors (Lipinski definition) is 2. The normalized spacial score (nSPS) is 11.4. The molecule has 2 N–H and O–H groups in total. The highest BCUT2D eigenvalue weighted by Gasteiger charge is 2.17. The lowest BCUT2D eigenvalue weighted by Crippen LogP contribution is -2.18. The second-order valence-corrected chi connectivity index (χ2v) is 13.1. The molecule has 0 bridgehead atoms. The number of anilines is 2. The number of nitrogens with one attached hydrogen (secondary N) is 2. The summed E-state index contributed by atoms with van der Waals surface area (Å²) in [5.41, 5.74) is 6.12. The average molecular weight is 613 g/mol. The predicted molar refractivity (Wildman–Crippen MR) is 186 cm³/mol. The molecule has 226 valence electrons. The van der Waals surface area contributed by atoms with Crippen LogP contribution < -0.4 is 10.6 Å². The van der Waals surface area contributed by atoms with Gasteiger partial charge in [0, 0.05) is 32.6 Å². The zero-order chi connectivity index (χ0) is 32.0. The largest absolute Gasteiger partial charge is 0.325 e. The number of rotatable bonds is 9. The number of ketones is 1. The van der Waals surface area contributed by atoms with Crippen molar-refractivity contribution in [1.82, 2.24) is 0 Å². The van der Waals surface area contributed by atoms with Gasteiger partial charge in [0.15, 0.2) is 5.78 Å². The minimum absolute atomic E-state index is 0.0980. The highest BCUT2D eigenvalue weighted by atomic mass is 32.1. The van der Waals surface area contributed by atoms with Crippen molar-refractivity contribution in [3.63, 3.8) is 0 Å². The van der Waals surface area contributed by atoms with Gasteiger partial charge in [-0.1, -0.05) is 105 Å². The maximum Gasteiger partial charge on any atom is 0.248 e. The summed E-state index contributed by atoms with van der Waals surface area (Å²) in [5.74, 6) is -0.815. The summed E-state index contributed by atoms with van der Waals surface area (Å²) in [7, 11) is 0. The summed E-state index contributed by atoms with van der Waals surface area (Å²) in [4.78, 5) is 41.4. The molecule has 0 radical (unpaired) electrons. The number of amides is 2. The first-order chi connectivity index (χ1) is 21.5. The Morgan fingerprint density at radius 1 is 0.778 bits per heavy atom. The van der Waals surface area contributed by atoms with Crippen molar-refractivity contribution in [2.45, 2.75) is 39.5 Å². The van der Waals surface area contributed by atoms with E-state index in [2.05, 4.69) is 61.7 Å². The molecule has 0 atom stereocenters. The zero-order valence-corrected chi connectivity index (χ0v) is 26.7. The SMILES string of the molecule is Cc1ccc(CC(=O)Nc2ccc(NC(=O)/C=C/c3ccc(-c4ccc(C(C)(C)C)cc4)s3)cc2C(=O)c2ccccc2)cc1. The lowest BCUT2D eigenvalue weighted by molar-refractivity contribution is -0.115. The number of thiophene rings is 1. The quantitative estimate of drug-likeness (QED) is 0.129. The Labute approximate surface area is 268 Å². The third-order valence-electron chi connectivity index (χ3n) is 7.39. The molecule has 0 saturated carbocycles. The molecule has 0 aliphatic heterocycles. The minimum atomic E-state index is -0.325. The van der Waals surface area contributed by atoms with Gasteiger partial charge in [0.25, 0.3) is 0 Å². The Morgan fingerprint density at radius 2 is 1.49 bits per heavy atom. The van der Waals surface area contributed by atoms with E-state index in [0.717, 1.165) is 26.4 Å². The van der Waals surface area contributed by atoms with Crippen molar-refractivity contribution < 1.29 is 14.4 Å². The Hall–Kier alpha value is -5.07.